The molecular formula is C28H30N4O6S. The van der Waals surface area contributed by atoms with Crippen molar-refractivity contribution in [2.45, 2.75) is 51.0 Å². The molecule has 39 heavy (non-hydrogen) atoms. The summed E-state index contributed by atoms with van der Waals surface area (Å²) in [5, 5.41) is 14.7. The third-order valence-electron chi connectivity index (χ3n) is 7.44. The molecule has 3 aromatic rings. The minimum Gasteiger partial charge on any atom is -0.455 e. The standard InChI is InChI=1S/C28H30N4O6S/c1-27(2)14-22-15-28(3,17-27)18-31(22)39(36,37)24-11-6-20(7-12-24)26(33)30-29-16-23-10-13-25(38-23)19-4-8-21(9-5-19)32(34)35/h4-13,16,22H,14-15,17-18H2,1-3H3,(H,30,33)/b29-16-/t22-,28+/m0/s1. The van der Waals surface area contributed by atoms with Crippen molar-refractivity contribution in [1.29, 1.82) is 0 Å². The van der Waals surface area contributed by atoms with Gasteiger partial charge in [-0.1, -0.05) is 20.8 Å². The monoisotopic (exact) mass is 550 g/mol. The maximum absolute atomic E-state index is 13.5. The number of non-ortho nitro benzene ring substituents is 1. The lowest BCUT2D eigenvalue weighted by molar-refractivity contribution is -0.384. The van der Waals surface area contributed by atoms with Crippen LogP contribution in [0.5, 0.6) is 0 Å². The van der Waals surface area contributed by atoms with Gasteiger partial charge in [0.05, 0.1) is 16.0 Å². The summed E-state index contributed by atoms with van der Waals surface area (Å²) in [7, 11) is -3.68. The predicted molar refractivity (Wildman–Crippen MR) is 146 cm³/mol. The van der Waals surface area contributed by atoms with E-state index in [1.165, 1.54) is 42.6 Å². The number of carbonyl (C=O) groups excluding carboxylic acids is 1. The van der Waals surface area contributed by atoms with Crippen molar-refractivity contribution in [3.05, 3.63) is 82.1 Å². The van der Waals surface area contributed by atoms with Gasteiger partial charge < -0.3 is 4.42 Å². The Bertz CT molecular complexity index is 1540. The molecule has 1 saturated carbocycles. The molecule has 1 aliphatic carbocycles. The average molecular weight is 551 g/mol. The van der Waals surface area contributed by atoms with Crippen molar-refractivity contribution in [1.82, 2.24) is 9.73 Å². The highest BCUT2D eigenvalue weighted by Gasteiger charge is 2.53. The average Bonchev–Trinajstić information content (AvgIpc) is 3.45. The molecule has 1 N–H and O–H groups in total. The molecule has 2 aromatic carbocycles. The van der Waals surface area contributed by atoms with Crippen LogP contribution in [0.25, 0.3) is 11.3 Å². The maximum Gasteiger partial charge on any atom is 0.271 e. The lowest BCUT2D eigenvalue weighted by atomic mass is 9.65. The summed E-state index contributed by atoms with van der Waals surface area (Å²) < 4.78 is 34.2. The molecule has 10 nitrogen and oxygen atoms in total. The van der Waals surface area contributed by atoms with Gasteiger partial charge in [0.25, 0.3) is 11.6 Å². The zero-order valence-electron chi connectivity index (χ0n) is 22.0. The van der Waals surface area contributed by atoms with Crippen LogP contribution in [0, 0.1) is 20.9 Å². The molecule has 1 aliphatic heterocycles. The number of rotatable bonds is 7. The molecule has 1 saturated heterocycles. The Balaban J connectivity index is 1.21. The van der Waals surface area contributed by atoms with Gasteiger partial charge in [0.1, 0.15) is 11.5 Å². The van der Waals surface area contributed by atoms with Crippen molar-refractivity contribution in [2.75, 3.05) is 6.54 Å². The third kappa shape index (κ3) is 5.50. The molecule has 1 amide bonds. The normalized spacial score (nSPS) is 22.7. The summed E-state index contributed by atoms with van der Waals surface area (Å²) in [5.74, 6) is 0.371. The fraction of sp³-hybridized carbons (Fsp3) is 0.357. The Hall–Kier alpha value is -3.83. The summed E-state index contributed by atoms with van der Waals surface area (Å²) in [4.78, 5) is 23.1. The molecule has 2 atom stereocenters. The summed E-state index contributed by atoms with van der Waals surface area (Å²) in [5.41, 5.74) is 3.41. The summed E-state index contributed by atoms with van der Waals surface area (Å²) in [6.45, 7) is 7.09. The van der Waals surface area contributed by atoms with Gasteiger partial charge in [-0.2, -0.15) is 9.41 Å². The fourth-order valence-corrected chi connectivity index (χ4v) is 7.92. The fourth-order valence-electron chi connectivity index (χ4n) is 6.15. The number of nitro groups is 1. The zero-order valence-corrected chi connectivity index (χ0v) is 22.8. The minimum atomic E-state index is -3.68. The van der Waals surface area contributed by atoms with E-state index in [1.54, 1.807) is 28.6 Å². The highest BCUT2D eigenvalue weighted by atomic mass is 32.2. The topological polar surface area (TPSA) is 135 Å². The van der Waals surface area contributed by atoms with E-state index in [0.29, 0.717) is 23.6 Å². The van der Waals surface area contributed by atoms with Gasteiger partial charge in [0.2, 0.25) is 10.0 Å². The molecule has 2 aliphatic rings. The summed E-state index contributed by atoms with van der Waals surface area (Å²) in [6.07, 6.45) is 4.04. The van der Waals surface area contributed by atoms with E-state index < -0.39 is 20.9 Å². The zero-order chi connectivity index (χ0) is 28.0. The quantitative estimate of drug-likeness (QED) is 0.244. The molecule has 204 valence electrons. The smallest absolute Gasteiger partial charge is 0.271 e. The van der Waals surface area contributed by atoms with E-state index >= 15 is 0 Å². The molecule has 0 spiro atoms. The molecule has 2 fully saturated rings. The van der Waals surface area contributed by atoms with E-state index in [0.717, 1.165) is 19.3 Å². The Morgan fingerprint density at radius 2 is 1.77 bits per heavy atom. The predicted octanol–water partition coefficient (Wildman–Crippen LogP) is 5.21. The maximum atomic E-state index is 13.5. The second-order valence-corrected chi connectivity index (χ2v) is 13.4. The van der Waals surface area contributed by atoms with Crippen LogP contribution in [-0.4, -0.2) is 42.4 Å². The van der Waals surface area contributed by atoms with Crippen molar-refractivity contribution in [3.8, 4) is 11.3 Å². The lowest BCUT2D eigenvalue weighted by Crippen LogP contribution is -2.37. The number of amides is 1. The second kappa shape index (κ2) is 9.73. The van der Waals surface area contributed by atoms with Crippen molar-refractivity contribution in [2.24, 2.45) is 15.9 Å². The SMILES string of the molecule is CC1(C)C[C@H]2C[C@@](C)(CN2S(=O)(=O)c2ccc(C(=O)N/N=C\c3ccc(-c4ccc([N+](=O)[O-])cc4)o3)cc2)C1. The molecular weight excluding hydrogens is 520 g/mol. The van der Waals surface area contributed by atoms with Crippen molar-refractivity contribution < 1.29 is 22.6 Å². The van der Waals surface area contributed by atoms with Gasteiger partial charge in [-0.3, -0.25) is 14.9 Å². The Morgan fingerprint density at radius 3 is 2.44 bits per heavy atom. The van der Waals surface area contributed by atoms with Crippen LogP contribution in [0.3, 0.4) is 0 Å². The van der Waals surface area contributed by atoms with Gasteiger partial charge in [-0.15, -0.1) is 0 Å². The third-order valence-corrected chi connectivity index (χ3v) is 9.35. The number of nitro benzene ring substituents is 1. The van der Waals surface area contributed by atoms with E-state index in [-0.39, 0.29) is 33.0 Å². The van der Waals surface area contributed by atoms with Crippen LogP contribution in [0.15, 0.2) is 75.1 Å². The highest BCUT2D eigenvalue weighted by molar-refractivity contribution is 7.89. The van der Waals surface area contributed by atoms with E-state index in [1.807, 2.05) is 0 Å². The summed E-state index contributed by atoms with van der Waals surface area (Å²) in [6, 6.07) is 15.2. The largest absolute Gasteiger partial charge is 0.455 e. The first-order chi connectivity index (χ1) is 18.4. The number of carbonyl (C=O) groups is 1. The molecule has 1 aromatic heterocycles. The number of benzene rings is 2. The number of furan rings is 1. The number of nitrogens with zero attached hydrogens (tertiary/aromatic N) is 3. The Morgan fingerprint density at radius 1 is 1.08 bits per heavy atom. The number of hydrogen-bond acceptors (Lipinski definition) is 7. The second-order valence-electron chi connectivity index (χ2n) is 11.5. The van der Waals surface area contributed by atoms with Gasteiger partial charge in [-0.25, -0.2) is 13.8 Å². The number of hydrazone groups is 1. The van der Waals surface area contributed by atoms with Crippen LogP contribution in [0.2, 0.25) is 0 Å². The lowest BCUT2D eigenvalue weighted by Gasteiger charge is -2.39. The number of sulfonamides is 1. The molecule has 5 rings (SSSR count). The Kier molecular flexibility index (Phi) is 6.68. The highest BCUT2D eigenvalue weighted by Crippen LogP contribution is 2.53. The molecule has 0 unspecified atom stereocenters. The number of fused-ring (bicyclic) bond motifs is 2. The van der Waals surface area contributed by atoms with E-state index in [4.69, 9.17) is 4.42 Å². The van der Waals surface area contributed by atoms with Crippen LogP contribution >= 0.6 is 0 Å². The van der Waals surface area contributed by atoms with Gasteiger partial charge in [0.15, 0.2) is 0 Å². The first kappa shape index (κ1) is 26.8. The van der Waals surface area contributed by atoms with E-state index in [2.05, 4.69) is 31.3 Å². The van der Waals surface area contributed by atoms with E-state index in [9.17, 15) is 23.3 Å². The van der Waals surface area contributed by atoms with Crippen LogP contribution in [0.4, 0.5) is 5.69 Å². The molecule has 11 heteroatoms. The van der Waals surface area contributed by atoms with Crippen molar-refractivity contribution >= 4 is 27.8 Å². The van der Waals surface area contributed by atoms with Crippen LogP contribution < -0.4 is 5.43 Å². The first-order valence-corrected chi connectivity index (χ1v) is 14.1. The van der Waals surface area contributed by atoms with Crippen LogP contribution in [0.1, 0.15) is 56.2 Å². The van der Waals surface area contributed by atoms with Gasteiger partial charge in [0, 0.05) is 35.8 Å². The number of hydrogen-bond donors (Lipinski definition) is 1. The number of nitrogens with one attached hydrogen (secondary N) is 1. The van der Waals surface area contributed by atoms with Crippen LogP contribution in [-0.2, 0) is 10.0 Å². The minimum absolute atomic E-state index is 0.0106. The summed E-state index contributed by atoms with van der Waals surface area (Å²) >= 11 is 0. The molecule has 2 bridgehead atoms. The van der Waals surface area contributed by atoms with Gasteiger partial charge in [-0.05, 0) is 78.6 Å². The molecule has 2 heterocycles. The molecule has 0 radical (unpaired) electrons. The first-order valence-electron chi connectivity index (χ1n) is 12.7. The van der Waals surface area contributed by atoms with Gasteiger partial charge >= 0.3 is 0 Å². The van der Waals surface area contributed by atoms with Crippen molar-refractivity contribution in [3.63, 3.8) is 0 Å². The Labute approximate surface area is 226 Å².